The number of benzene rings is 2. The number of nitrogens with zero attached hydrogens (tertiary/aromatic N) is 1. The minimum absolute atomic E-state index is 0.0131. The minimum Gasteiger partial charge on any atom is -0.454 e. The van der Waals surface area contributed by atoms with Gasteiger partial charge >= 0.3 is 6.03 Å². The van der Waals surface area contributed by atoms with Crippen molar-refractivity contribution >= 4 is 41.2 Å². The van der Waals surface area contributed by atoms with Crippen LogP contribution in [-0.2, 0) is 9.59 Å². The van der Waals surface area contributed by atoms with Crippen LogP contribution in [0.3, 0.4) is 0 Å². The number of anilines is 1. The highest BCUT2D eigenvalue weighted by Crippen LogP contribution is 2.37. The molecule has 0 spiro atoms. The lowest BCUT2D eigenvalue weighted by Gasteiger charge is -2.12. The highest BCUT2D eigenvalue weighted by molar-refractivity contribution is 6.32. The molecule has 0 radical (unpaired) electrons. The summed E-state index contributed by atoms with van der Waals surface area (Å²) in [4.78, 5) is 37.9. The van der Waals surface area contributed by atoms with Crippen molar-refractivity contribution in [1.29, 1.82) is 0 Å². The van der Waals surface area contributed by atoms with E-state index in [2.05, 4.69) is 10.6 Å². The Morgan fingerprint density at radius 1 is 1.24 bits per heavy atom. The Hall–Kier alpha value is -3.52. The van der Waals surface area contributed by atoms with Gasteiger partial charge in [0.25, 0.3) is 5.91 Å². The lowest BCUT2D eigenvalue weighted by molar-refractivity contribution is -0.127. The van der Waals surface area contributed by atoms with Crippen molar-refractivity contribution in [3.8, 4) is 11.5 Å². The van der Waals surface area contributed by atoms with Gasteiger partial charge in [-0.2, -0.15) is 0 Å². The Morgan fingerprint density at radius 2 is 2.00 bits per heavy atom. The quantitative estimate of drug-likeness (QED) is 0.593. The number of halogens is 1. The number of rotatable bonds is 4. The number of aryl methyl sites for hydroxylation is 1. The van der Waals surface area contributed by atoms with E-state index < -0.39 is 24.4 Å². The maximum atomic E-state index is 12.6. The molecular formula is C20H16ClN3O5. The summed E-state index contributed by atoms with van der Waals surface area (Å²) < 4.78 is 10.5. The fourth-order valence-electron chi connectivity index (χ4n) is 2.98. The molecule has 4 rings (SSSR count). The van der Waals surface area contributed by atoms with E-state index in [1.54, 1.807) is 30.3 Å². The van der Waals surface area contributed by atoms with Gasteiger partial charge in [0.05, 0.1) is 5.02 Å². The van der Waals surface area contributed by atoms with Crippen molar-refractivity contribution in [2.24, 2.45) is 0 Å². The SMILES string of the molecule is Cc1cccc(NC(=O)CN2C(=O)N/C(=C/c3cc4c(cc3Cl)OCO4)C2=O)c1. The summed E-state index contributed by atoms with van der Waals surface area (Å²) in [5.41, 5.74) is 2.05. The Labute approximate surface area is 171 Å². The monoisotopic (exact) mass is 413 g/mol. The number of ether oxygens (including phenoxy) is 2. The Kier molecular flexibility index (Phi) is 4.85. The van der Waals surface area contributed by atoms with Crippen molar-refractivity contribution < 1.29 is 23.9 Å². The van der Waals surface area contributed by atoms with Gasteiger partial charge in [-0.15, -0.1) is 0 Å². The third-order valence-corrected chi connectivity index (χ3v) is 4.68. The van der Waals surface area contributed by atoms with Gasteiger partial charge in [-0.3, -0.25) is 9.59 Å². The second-order valence-electron chi connectivity index (χ2n) is 6.52. The highest BCUT2D eigenvalue weighted by Gasteiger charge is 2.35. The Morgan fingerprint density at radius 3 is 2.76 bits per heavy atom. The molecule has 8 nitrogen and oxygen atoms in total. The van der Waals surface area contributed by atoms with Gasteiger partial charge in [0, 0.05) is 11.8 Å². The molecule has 2 aliphatic heterocycles. The minimum atomic E-state index is -0.683. The van der Waals surface area contributed by atoms with Crippen molar-refractivity contribution in [3.05, 3.63) is 58.2 Å². The Balaban J connectivity index is 1.49. The molecule has 1 saturated heterocycles. The maximum Gasteiger partial charge on any atom is 0.329 e. The van der Waals surface area contributed by atoms with Crippen molar-refractivity contribution in [2.75, 3.05) is 18.7 Å². The lowest BCUT2D eigenvalue weighted by atomic mass is 10.1. The third kappa shape index (κ3) is 3.88. The van der Waals surface area contributed by atoms with Crippen LogP contribution < -0.4 is 20.1 Å². The molecule has 0 aromatic heterocycles. The molecule has 2 N–H and O–H groups in total. The van der Waals surface area contributed by atoms with Gasteiger partial charge in [0.15, 0.2) is 11.5 Å². The zero-order valence-corrected chi connectivity index (χ0v) is 16.1. The molecule has 0 unspecified atom stereocenters. The van der Waals surface area contributed by atoms with Crippen LogP contribution in [0.2, 0.25) is 5.02 Å². The topological polar surface area (TPSA) is 97.0 Å². The zero-order valence-electron chi connectivity index (χ0n) is 15.3. The average Bonchev–Trinajstić information content (AvgIpc) is 3.21. The number of nitrogens with one attached hydrogen (secondary N) is 2. The van der Waals surface area contributed by atoms with Crippen LogP contribution >= 0.6 is 11.6 Å². The first-order chi connectivity index (χ1) is 13.9. The number of hydrogen-bond donors (Lipinski definition) is 2. The lowest BCUT2D eigenvalue weighted by Crippen LogP contribution is -2.38. The standard InChI is InChI=1S/C20H16ClN3O5/c1-11-3-2-4-13(5-11)22-18(25)9-24-19(26)15(23-20(24)27)6-12-7-16-17(8-14(12)21)29-10-28-16/h2-8H,9-10H2,1H3,(H,22,25)(H,23,27)/b15-6+. The van der Waals surface area contributed by atoms with E-state index in [4.69, 9.17) is 21.1 Å². The molecule has 0 bridgehead atoms. The number of amides is 4. The van der Waals surface area contributed by atoms with Gasteiger partial charge in [-0.05, 0) is 42.3 Å². The van der Waals surface area contributed by atoms with E-state index in [1.807, 2.05) is 13.0 Å². The smallest absolute Gasteiger partial charge is 0.329 e. The van der Waals surface area contributed by atoms with E-state index in [9.17, 15) is 14.4 Å². The number of urea groups is 1. The van der Waals surface area contributed by atoms with E-state index in [-0.39, 0.29) is 12.5 Å². The third-order valence-electron chi connectivity index (χ3n) is 4.36. The summed E-state index contributed by atoms with van der Waals surface area (Å²) in [6.07, 6.45) is 1.43. The normalized spacial score (nSPS) is 16.3. The molecule has 0 aliphatic carbocycles. The van der Waals surface area contributed by atoms with Crippen LogP contribution in [0.15, 0.2) is 42.1 Å². The summed E-state index contributed by atoms with van der Waals surface area (Å²) in [6, 6.07) is 9.72. The number of fused-ring (bicyclic) bond motifs is 1. The summed E-state index contributed by atoms with van der Waals surface area (Å²) in [7, 11) is 0. The van der Waals surface area contributed by atoms with Gasteiger partial charge < -0.3 is 20.1 Å². The molecule has 29 heavy (non-hydrogen) atoms. The first-order valence-electron chi connectivity index (χ1n) is 8.71. The van der Waals surface area contributed by atoms with Crippen LogP contribution in [-0.4, -0.2) is 36.1 Å². The van der Waals surface area contributed by atoms with Gasteiger partial charge in [-0.1, -0.05) is 23.7 Å². The van der Waals surface area contributed by atoms with E-state index >= 15 is 0 Å². The predicted molar refractivity (Wildman–Crippen MR) is 106 cm³/mol. The molecule has 148 valence electrons. The van der Waals surface area contributed by atoms with Crippen molar-refractivity contribution in [3.63, 3.8) is 0 Å². The number of hydrogen-bond acceptors (Lipinski definition) is 5. The molecular weight excluding hydrogens is 398 g/mol. The molecule has 2 heterocycles. The molecule has 9 heteroatoms. The molecule has 2 aromatic rings. The van der Waals surface area contributed by atoms with Crippen LogP contribution in [0.4, 0.5) is 10.5 Å². The maximum absolute atomic E-state index is 12.6. The first-order valence-corrected chi connectivity index (χ1v) is 9.09. The predicted octanol–water partition coefficient (Wildman–Crippen LogP) is 2.91. The molecule has 1 fully saturated rings. The van der Waals surface area contributed by atoms with Crippen LogP contribution in [0.1, 0.15) is 11.1 Å². The van der Waals surface area contributed by atoms with Gasteiger partial charge in [0.2, 0.25) is 12.7 Å². The number of carbonyl (C=O) groups is 3. The second kappa shape index (κ2) is 7.48. The van der Waals surface area contributed by atoms with E-state index in [0.717, 1.165) is 10.5 Å². The largest absolute Gasteiger partial charge is 0.454 e. The summed E-state index contributed by atoms with van der Waals surface area (Å²) in [5, 5.41) is 5.46. The van der Waals surface area contributed by atoms with Gasteiger partial charge in [-0.25, -0.2) is 9.69 Å². The summed E-state index contributed by atoms with van der Waals surface area (Å²) >= 11 is 6.21. The fraction of sp³-hybridized carbons (Fsp3) is 0.150. The average molecular weight is 414 g/mol. The molecule has 0 atom stereocenters. The van der Waals surface area contributed by atoms with Crippen LogP contribution in [0.5, 0.6) is 11.5 Å². The summed E-state index contributed by atoms with van der Waals surface area (Å²) in [6.45, 7) is 1.57. The first kappa shape index (κ1) is 18.8. The van der Waals surface area contributed by atoms with E-state index in [0.29, 0.717) is 27.8 Å². The zero-order chi connectivity index (χ0) is 20.5. The molecule has 2 aromatic carbocycles. The van der Waals surface area contributed by atoms with Crippen molar-refractivity contribution in [2.45, 2.75) is 6.92 Å². The molecule has 4 amide bonds. The Bertz CT molecular complexity index is 1070. The highest BCUT2D eigenvalue weighted by atomic mass is 35.5. The van der Waals surface area contributed by atoms with E-state index in [1.165, 1.54) is 6.08 Å². The summed E-state index contributed by atoms with van der Waals surface area (Å²) in [5.74, 6) is -0.106. The van der Waals surface area contributed by atoms with Crippen LogP contribution in [0.25, 0.3) is 6.08 Å². The fourth-order valence-corrected chi connectivity index (χ4v) is 3.19. The second-order valence-corrected chi connectivity index (χ2v) is 6.93. The van der Waals surface area contributed by atoms with Gasteiger partial charge in [0.1, 0.15) is 12.2 Å². The molecule has 0 saturated carbocycles. The molecule has 2 aliphatic rings. The van der Waals surface area contributed by atoms with Crippen molar-refractivity contribution in [1.82, 2.24) is 10.2 Å². The van der Waals surface area contributed by atoms with Crippen LogP contribution in [0, 0.1) is 6.92 Å². The number of imide groups is 1. The number of carbonyl (C=O) groups excluding carboxylic acids is 3.